The van der Waals surface area contributed by atoms with E-state index >= 15 is 0 Å². The summed E-state index contributed by atoms with van der Waals surface area (Å²) in [6.45, 7) is 0.525. The highest BCUT2D eigenvalue weighted by atomic mass is 16.5. The lowest BCUT2D eigenvalue weighted by Gasteiger charge is -2.12. The first-order valence-electron chi connectivity index (χ1n) is 8.01. The Kier molecular flexibility index (Phi) is 5.46. The molecule has 2 aromatic heterocycles. The SMILES string of the molecule is COc1cc(OC)cc(-c2ncccc2OCCc2ccccn2)c1. The van der Waals surface area contributed by atoms with Crippen LogP contribution in [0.25, 0.3) is 11.3 Å². The maximum atomic E-state index is 5.96. The minimum atomic E-state index is 0.525. The van der Waals surface area contributed by atoms with E-state index in [1.807, 2.05) is 48.5 Å². The van der Waals surface area contributed by atoms with Crippen molar-refractivity contribution in [1.82, 2.24) is 9.97 Å². The first kappa shape index (κ1) is 16.8. The Morgan fingerprint density at radius 2 is 1.60 bits per heavy atom. The van der Waals surface area contributed by atoms with Crippen LogP contribution >= 0.6 is 0 Å². The van der Waals surface area contributed by atoms with Crippen molar-refractivity contribution in [2.45, 2.75) is 6.42 Å². The first-order valence-corrected chi connectivity index (χ1v) is 8.01. The fourth-order valence-corrected chi connectivity index (χ4v) is 2.48. The molecular weight excluding hydrogens is 316 g/mol. The summed E-state index contributed by atoms with van der Waals surface area (Å²) in [5.41, 5.74) is 2.63. The molecule has 0 saturated heterocycles. The molecule has 0 bridgehead atoms. The van der Waals surface area contributed by atoms with Crippen molar-refractivity contribution in [1.29, 1.82) is 0 Å². The number of aromatic nitrogens is 2. The Balaban J connectivity index is 1.81. The van der Waals surface area contributed by atoms with Crippen LogP contribution in [0.15, 0.2) is 60.9 Å². The van der Waals surface area contributed by atoms with Gasteiger partial charge < -0.3 is 14.2 Å². The zero-order valence-corrected chi connectivity index (χ0v) is 14.3. The topological polar surface area (TPSA) is 53.5 Å². The van der Waals surface area contributed by atoms with Gasteiger partial charge in [0.25, 0.3) is 0 Å². The fraction of sp³-hybridized carbons (Fsp3) is 0.200. The van der Waals surface area contributed by atoms with Gasteiger partial charge in [-0.15, -0.1) is 0 Å². The normalized spacial score (nSPS) is 10.3. The van der Waals surface area contributed by atoms with Gasteiger partial charge in [-0.3, -0.25) is 9.97 Å². The molecule has 0 unspecified atom stereocenters. The van der Waals surface area contributed by atoms with E-state index in [1.54, 1.807) is 26.6 Å². The second-order valence-electron chi connectivity index (χ2n) is 5.37. The quantitative estimate of drug-likeness (QED) is 0.657. The van der Waals surface area contributed by atoms with E-state index in [0.717, 1.165) is 23.4 Å². The Bertz CT molecular complexity index is 800. The van der Waals surface area contributed by atoms with E-state index < -0.39 is 0 Å². The molecule has 0 amide bonds. The Morgan fingerprint density at radius 1 is 0.840 bits per heavy atom. The summed E-state index contributed by atoms with van der Waals surface area (Å²) < 4.78 is 16.6. The van der Waals surface area contributed by atoms with Crippen LogP contribution in [0, 0.1) is 0 Å². The predicted molar refractivity (Wildman–Crippen MR) is 96.2 cm³/mol. The fourth-order valence-electron chi connectivity index (χ4n) is 2.48. The molecule has 25 heavy (non-hydrogen) atoms. The third-order valence-electron chi connectivity index (χ3n) is 3.74. The summed E-state index contributed by atoms with van der Waals surface area (Å²) in [5.74, 6) is 2.13. The third kappa shape index (κ3) is 4.26. The van der Waals surface area contributed by atoms with Crippen molar-refractivity contribution in [2.75, 3.05) is 20.8 Å². The summed E-state index contributed by atoms with van der Waals surface area (Å²) in [5, 5.41) is 0. The van der Waals surface area contributed by atoms with E-state index in [4.69, 9.17) is 14.2 Å². The van der Waals surface area contributed by atoms with Crippen molar-refractivity contribution in [3.8, 4) is 28.5 Å². The van der Waals surface area contributed by atoms with Crippen molar-refractivity contribution < 1.29 is 14.2 Å². The van der Waals surface area contributed by atoms with Gasteiger partial charge >= 0.3 is 0 Å². The number of ether oxygens (including phenoxy) is 3. The molecule has 0 saturated carbocycles. The molecule has 1 aromatic carbocycles. The van der Waals surface area contributed by atoms with Crippen molar-refractivity contribution >= 4 is 0 Å². The van der Waals surface area contributed by atoms with Crippen molar-refractivity contribution in [3.05, 3.63) is 66.6 Å². The number of rotatable bonds is 7. The molecule has 0 aliphatic rings. The number of hydrogen-bond acceptors (Lipinski definition) is 5. The van der Waals surface area contributed by atoms with E-state index in [0.29, 0.717) is 23.9 Å². The average Bonchev–Trinajstić information content (AvgIpc) is 2.68. The largest absolute Gasteiger partial charge is 0.497 e. The summed E-state index contributed by atoms with van der Waals surface area (Å²) in [6.07, 6.45) is 4.26. The van der Waals surface area contributed by atoms with Gasteiger partial charge in [0.15, 0.2) is 0 Å². The monoisotopic (exact) mass is 336 g/mol. The molecule has 3 rings (SSSR count). The van der Waals surface area contributed by atoms with E-state index in [-0.39, 0.29) is 0 Å². The predicted octanol–water partition coefficient (Wildman–Crippen LogP) is 3.78. The van der Waals surface area contributed by atoms with Gasteiger partial charge in [-0.1, -0.05) is 6.07 Å². The van der Waals surface area contributed by atoms with Crippen LogP contribution in [0.2, 0.25) is 0 Å². The van der Waals surface area contributed by atoms with Crippen LogP contribution < -0.4 is 14.2 Å². The summed E-state index contributed by atoms with van der Waals surface area (Å²) in [6, 6.07) is 15.3. The first-order chi connectivity index (χ1) is 12.3. The van der Waals surface area contributed by atoms with Crippen LogP contribution in [0.5, 0.6) is 17.2 Å². The van der Waals surface area contributed by atoms with Gasteiger partial charge in [0, 0.05) is 36.1 Å². The zero-order valence-electron chi connectivity index (χ0n) is 14.3. The van der Waals surface area contributed by atoms with Gasteiger partial charge in [0.2, 0.25) is 0 Å². The van der Waals surface area contributed by atoms with Crippen LogP contribution in [0.4, 0.5) is 0 Å². The lowest BCUT2D eigenvalue weighted by molar-refractivity contribution is 0.320. The standard InChI is InChI=1S/C20H20N2O3/c1-23-17-12-15(13-18(14-17)24-2)20-19(7-5-10-22-20)25-11-8-16-6-3-4-9-21-16/h3-7,9-10,12-14H,8,11H2,1-2H3. The van der Waals surface area contributed by atoms with Gasteiger partial charge in [0.1, 0.15) is 22.9 Å². The van der Waals surface area contributed by atoms with Gasteiger partial charge in [-0.25, -0.2) is 0 Å². The van der Waals surface area contributed by atoms with Crippen LogP contribution in [0.1, 0.15) is 5.69 Å². The average molecular weight is 336 g/mol. The second-order valence-corrected chi connectivity index (χ2v) is 5.37. The molecule has 128 valence electrons. The van der Waals surface area contributed by atoms with Gasteiger partial charge in [-0.05, 0) is 36.4 Å². The maximum Gasteiger partial charge on any atom is 0.145 e. The van der Waals surface area contributed by atoms with E-state index in [9.17, 15) is 0 Å². The van der Waals surface area contributed by atoms with Crippen LogP contribution in [0.3, 0.4) is 0 Å². The molecule has 5 heteroatoms. The Labute approximate surface area is 147 Å². The van der Waals surface area contributed by atoms with E-state index in [2.05, 4.69) is 9.97 Å². The second kappa shape index (κ2) is 8.15. The highest BCUT2D eigenvalue weighted by Crippen LogP contribution is 2.33. The van der Waals surface area contributed by atoms with Gasteiger partial charge in [-0.2, -0.15) is 0 Å². The molecule has 0 atom stereocenters. The molecule has 0 fully saturated rings. The Hall–Kier alpha value is -3.08. The Morgan fingerprint density at radius 3 is 2.28 bits per heavy atom. The number of methoxy groups -OCH3 is 2. The van der Waals surface area contributed by atoms with Crippen molar-refractivity contribution in [3.63, 3.8) is 0 Å². The zero-order chi connectivity index (χ0) is 17.5. The summed E-state index contributed by atoms with van der Waals surface area (Å²) in [7, 11) is 3.25. The molecule has 3 aromatic rings. The summed E-state index contributed by atoms with van der Waals surface area (Å²) in [4.78, 5) is 8.78. The third-order valence-corrected chi connectivity index (χ3v) is 3.74. The molecule has 0 aliphatic carbocycles. The smallest absolute Gasteiger partial charge is 0.145 e. The number of pyridine rings is 2. The highest BCUT2D eigenvalue weighted by molar-refractivity contribution is 5.69. The van der Waals surface area contributed by atoms with Crippen LogP contribution in [-0.4, -0.2) is 30.8 Å². The molecule has 5 nitrogen and oxygen atoms in total. The molecule has 0 aliphatic heterocycles. The lowest BCUT2D eigenvalue weighted by Crippen LogP contribution is -2.04. The number of benzene rings is 1. The van der Waals surface area contributed by atoms with E-state index in [1.165, 1.54) is 0 Å². The maximum absolute atomic E-state index is 5.96. The lowest BCUT2D eigenvalue weighted by atomic mass is 10.1. The van der Waals surface area contributed by atoms with Crippen molar-refractivity contribution in [2.24, 2.45) is 0 Å². The highest BCUT2D eigenvalue weighted by Gasteiger charge is 2.11. The minimum absolute atomic E-state index is 0.525. The summed E-state index contributed by atoms with van der Waals surface area (Å²) >= 11 is 0. The van der Waals surface area contributed by atoms with Crippen LogP contribution in [-0.2, 0) is 6.42 Å². The number of hydrogen-bond donors (Lipinski definition) is 0. The minimum Gasteiger partial charge on any atom is -0.497 e. The molecular formula is C20H20N2O3. The molecule has 0 spiro atoms. The molecule has 0 N–H and O–H groups in total. The molecule has 0 radical (unpaired) electrons. The number of nitrogens with zero attached hydrogens (tertiary/aromatic N) is 2. The molecule has 2 heterocycles. The van der Waals surface area contributed by atoms with Gasteiger partial charge in [0.05, 0.1) is 20.8 Å².